The van der Waals surface area contributed by atoms with Crippen LogP contribution in [-0.4, -0.2) is 41.9 Å². The van der Waals surface area contributed by atoms with Crippen LogP contribution in [0.5, 0.6) is 0 Å². The van der Waals surface area contributed by atoms with Crippen LogP contribution in [0.2, 0.25) is 0 Å². The average Bonchev–Trinajstić information content (AvgIpc) is 2.77. The van der Waals surface area contributed by atoms with Crippen LogP contribution in [0.1, 0.15) is 33.6 Å². The minimum atomic E-state index is -0.458. The second-order valence-electron chi connectivity index (χ2n) is 4.34. The molecular weight excluding hydrogens is 196 g/mol. The van der Waals surface area contributed by atoms with Crippen LogP contribution in [-0.2, 0) is 14.2 Å². The van der Waals surface area contributed by atoms with Gasteiger partial charge in [0.15, 0.2) is 5.79 Å². The number of aliphatic hydroxyl groups excluding tert-OH is 1. The summed E-state index contributed by atoms with van der Waals surface area (Å²) in [4.78, 5) is 0. The maximum atomic E-state index is 9.19. The van der Waals surface area contributed by atoms with Gasteiger partial charge in [0.05, 0.1) is 12.7 Å². The Kier molecular flexibility index (Phi) is 3.03. The number of hydrogen-bond donors (Lipinski definition) is 1. The highest BCUT2D eigenvalue weighted by Crippen LogP contribution is 2.41. The Morgan fingerprint density at radius 1 is 1.13 bits per heavy atom. The maximum absolute atomic E-state index is 9.19. The van der Waals surface area contributed by atoms with E-state index in [-0.39, 0.29) is 31.0 Å². The molecule has 1 N–H and O–H groups in total. The van der Waals surface area contributed by atoms with Crippen molar-refractivity contribution in [3.8, 4) is 0 Å². The molecule has 4 nitrogen and oxygen atoms in total. The van der Waals surface area contributed by atoms with Gasteiger partial charge in [-0.05, 0) is 19.8 Å². The van der Waals surface area contributed by atoms with Crippen molar-refractivity contribution in [2.24, 2.45) is 0 Å². The van der Waals surface area contributed by atoms with Gasteiger partial charge in [0.2, 0.25) is 0 Å². The fraction of sp³-hybridized carbons (Fsp3) is 1.00. The second-order valence-corrected chi connectivity index (χ2v) is 4.34. The summed E-state index contributed by atoms with van der Waals surface area (Å²) < 4.78 is 17.5. The standard InChI is InChI=1S/C11H20O4/c1-4-11(5-2)14-9-7(3)13-8(6-12)10(9)15-11/h7-10,12H,4-6H2,1-3H3/t7?,8-,9+,10-/m1/s1. The van der Waals surface area contributed by atoms with Crippen LogP contribution in [0.25, 0.3) is 0 Å². The molecule has 4 heteroatoms. The average molecular weight is 216 g/mol. The van der Waals surface area contributed by atoms with E-state index in [0.717, 1.165) is 12.8 Å². The quantitative estimate of drug-likeness (QED) is 0.766. The molecule has 15 heavy (non-hydrogen) atoms. The zero-order valence-electron chi connectivity index (χ0n) is 9.60. The van der Waals surface area contributed by atoms with Crippen molar-refractivity contribution < 1.29 is 19.3 Å². The third-order valence-corrected chi connectivity index (χ3v) is 3.50. The third kappa shape index (κ3) is 1.69. The summed E-state index contributed by atoms with van der Waals surface area (Å²) in [5, 5.41) is 9.19. The molecule has 0 saturated carbocycles. The summed E-state index contributed by atoms with van der Waals surface area (Å²) in [6, 6.07) is 0. The fourth-order valence-electron chi connectivity index (χ4n) is 2.47. The summed E-state index contributed by atoms with van der Waals surface area (Å²) >= 11 is 0. The van der Waals surface area contributed by atoms with Gasteiger partial charge in [-0.3, -0.25) is 0 Å². The minimum absolute atomic E-state index is 0.00161. The van der Waals surface area contributed by atoms with Gasteiger partial charge in [-0.25, -0.2) is 0 Å². The number of aliphatic hydroxyl groups is 1. The predicted octanol–water partition coefficient (Wildman–Crippen LogP) is 1.07. The topological polar surface area (TPSA) is 47.9 Å². The van der Waals surface area contributed by atoms with Crippen LogP contribution >= 0.6 is 0 Å². The van der Waals surface area contributed by atoms with Crippen molar-refractivity contribution >= 4 is 0 Å². The maximum Gasteiger partial charge on any atom is 0.169 e. The largest absolute Gasteiger partial charge is 0.394 e. The lowest BCUT2D eigenvalue weighted by atomic mass is 10.1. The van der Waals surface area contributed by atoms with Crippen LogP contribution in [0.15, 0.2) is 0 Å². The fourth-order valence-corrected chi connectivity index (χ4v) is 2.47. The molecular formula is C11H20O4. The highest BCUT2D eigenvalue weighted by Gasteiger charge is 2.55. The molecule has 0 aromatic heterocycles. The molecule has 0 aliphatic carbocycles. The van der Waals surface area contributed by atoms with Crippen LogP contribution in [0.3, 0.4) is 0 Å². The van der Waals surface area contributed by atoms with E-state index in [4.69, 9.17) is 14.2 Å². The second kappa shape index (κ2) is 4.01. The smallest absolute Gasteiger partial charge is 0.169 e. The minimum Gasteiger partial charge on any atom is -0.394 e. The summed E-state index contributed by atoms with van der Waals surface area (Å²) in [6.07, 6.45) is 1.31. The molecule has 0 radical (unpaired) electrons. The van der Waals surface area contributed by atoms with Gasteiger partial charge in [0, 0.05) is 0 Å². The van der Waals surface area contributed by atoms with Crippen molar-refractivity contribution in [3.05, 3.63) is 0 Å². The molecule has 1 unspecified atom stereocenters. The molecule has 2 saturated heterocycles. The summed E-state index contributed by atoms with van der Waals surface area (Å²) in [5.74, 6) is -0.458. The molecule has 0 bridgehead atoms. The first-order chi connectivity index (χ1) is 7.15. The van der Waals surface area contributed by atoms with Gasteiger partial charge in [0.1, 0.15) is 18.3 Å². The van der Waals surface area contributed by atoms with E-state index in [1.807, 2.05) is 6.92 Å². The van der Waals surface area contributed by atoms with E-state index in [9.17, 15) is 5.11 Å². The Morgan fingerprint density at radius 2 is 1.73 bits per heavy atom. The molecule has 2 heterocycles. The van der Waals surface area contributed by atoms with Gasteiger partial charge in [-0.15, -0.1) is 0 Å². The highest BCUT2D eigenvalue weighted by atomic mass is 16.8. The van der Waals surface area contributed by atoms with Gasteiger partial charge in [-0.1, -0.05) is 13.8 Å². The normalized spacial score (nSPS) is 43.2. The molecule has 88 valence electrons. The highest BCUT2D eigenvalue weighted by molar-refractivity contribution is 4.97. The number of hydrogen-bond acceptors (Lipinski definition) is 4. The Morgan fingerprint density at radius 3 is 2.27 bits per heavy atom. The Hall–Kier alpha value is -0.160. The van der Waals surface area contributed by atoms with E-state index in [2.05, 4.69) is 13.8 Å². The molecule has 4 atom stereocenters. The molecule has 2 aliphatic rings. The molecule has 0 aromatic rings. The Balaban J connectivity index is 2.13. The van der Waals surface area contributed by atoms with Crippen LogP contribution < -0.4 is 0 Å². The van der Waals surface area contributed by atoms with E-state index >= 15 is 0 Å². The van der Waals surface area contributed by atoms with Crippen molar-refractivity contribution in [2.75, 3.05) is 6.61 Å². The van der Waals surface area contributed by atoms with Crippen molar-refractivity contribution in [3.63, 3.8) is 0 Å². The summed E-state index contributed by atoms with van der Waals surface area (Å²) in [7, 11) is 0. The van der Waals surface area contributed by atoms with Crippen molar-refractivity contribution in [1.29, 1.82) is 0 Å². The first kappa shape index (κ1) is 11.3. The molecule has 2 rings (SSSR count). The van der Waals surface area contributed by atoms with E-state index in [0.29, 0.717) is 0 Å². The van der Waals surface area contributed by atoms with E-state index < -0.39 is 5.79 Å². The van der Waals surface area contributed by atoms with Gasteiger partial charge in [-0.2, -0.15) is 0 Å². The van der Waals surface area contributed by atoms with Gasteiger partial charge < -0.3 is 19.3 Å². The summed E-state index contributed by atoms with van der Waals surface area (Å²) in [5.41, 5.74) is 0. The summed E-state index contributed by atoms with van der Waals surface area (Å²) in [6.45, 7) is 6.09. The molecule has 0 amide bonds. The zero-order chi connectivity index (χ0) is 11.1. The lowest BCUT2D eigenvalue weighted by molar-refractivity contribution is -0.213. The van der Waals surface area contributed by atoms with E-state index in [1.165, 1.54) is 0 Å². The SMILES string of the molecule is CCC1(CC)O[C@@H]2[C@@H](CO)OC(C)[C@@H]2O1. The monoisotopic (exact) mass is 216 g/mol. The predicted molar refractivity (Wildman–Crippen MR) is 54.5 cm³/mol. The molecule has 2 fully saturated rings. The first-order valence-corrected chi connectivity index (χ1v) is 5.77. The van der Waals surface area contributed by atoms with Crippen molar-refractivity contribution in [1.82, 2.24) is 0 Å². The van der Waals surface area contributed by atoms with E-state index in [1.54, 1.807) is 0 Å². The number of fused-ring (bicyclic) bond motifs is 1. The zero-order valence-corrected chi connectivity index (χ0v) is 9.60. The lowest BCUT2D eigenvalue weighted by Gasteiger charge is -2.28. The van der Waals surface area contributed by atoms with Gasteiger partial charge in [0.25, 0.3) is 0 Å². The van der Waals surface area contributed by atoms with Gasteiger partial charge >= 0.3 is 0 Å². The molecule has 0 spiro atoms. The van der Waals surface area contributed by atoms with Crippen molar-refractivity contribution in [2.45, 2.75) is 63.8 Å². The Bertz CT molecular complexity index is 227. The number of rotatable bonds is 3. The molecule has 2 aliphatic heterocycles. The lowest BCUT2D eigenvalue weighted by Crippen LogP contribution is -2.34. The first-order valence-electron chi connectivity index (χ1n) is 5.77. The van der Waals surface area contributed by atoms with Crippen LogP contribution in [0, 0.1) is 0 Å². The third-order valence-electron chi connectivity index (χ3n) is 3.50. The Labute approximate surface area is 90.5 Å². The van der Waals surface area contributed by atoms with Crippen LogP contribution in [0.4, 0.5) is 0 Å². The number of ether oxygens (including phenoxy) is 3. The molecule has 0 aromatic carbocycles.